The SMILES string of the molecule is O[C@@H](COCc1ccccc1)CSc1nnc2ccccn12. The van der Waals surface area contributed by atoms with E-state index in [0.29, 0.717) is 19.0 Å². The molecule has 2 heterocycles. The first-order valence-electron chi connectivity index (χ1n) is 7.05. The number of aliphatic hydroxyl groups is 1. The molecule has 0 fully saturated rings. The van der Waals surface area contributed by atoms with Crippen molar-refractivity contribution in [3.8, 4) is 0 Å². The van der Waals surface area contributed by atoms with Crippen LogP contribution in [-0.4, -0.2) is 38.2 Å². The highest BCUT2D eigenvalue weighted by atomic mass is 32.2. The fourth-order valence-electron chi connectivity index (χ4n) is 2.02. The summed E-state index contributed by atoms with van der Waals surface area (Å²) in [6.07, 6.45) is 1.38. The van der Waals surface area contributed by atoms with Crippen molar-refractivity contribution in [2.75, 3.05) is 12.4 Å². The summed E-state index contributed by atoms with van der Waals surface area (Å²) < 4.78 is 7.44. The van der Waals surface area contributed by atoms with E-state index in [2.05, 4.69) is 10.2 Å². The number of thioether (sulfide) groups is 1. The number of pyridine rings is 1. The van der Waals surface area contributed by atoms with Crippen LogP contribution in [0.2, 0.25) is 0 Å². The van der Waals surface area contributed by atoms with E-state index in [4.69, 9.17) is 4.74 Å². The Morgan fingerprint density at radius 1 is 1.09 bits per heavy atom. The largest absolute Gasteiger partial charge is 0.390 e. The average Bonchev–Trinajstić information content (AvgIpc) is 2.97. The molecule has 0 radical (unpaired) electrons. The Balaban J connectivity index is 1.45. The van der Waals surface area contributed by atoms with E-state index in [1.54, 1.807) is 0 Å². The molecule has 1 atom stereocenters. The zero-order chi connectivity index (χ0) is 15.2. The van der Waals surface area contributed by atoms with E-state index in [9.17, 15) is 5.11 Å². The number of ether oxygens (including phenoxy) is 1. The van der Waals surface area contributed by atoms with E-state index in [0.717, 1.165) is 16.4 Å². The molecular weight excluding hydrogens is 298 g/mol. The second-order valence-corrected chi connectivity index (χ2v) is 5.86. The van der Waals surface area contributed by atoms with Gasteiger partial charge in [-0.3, -0.25) is 4.40 Å². The Morgan fingerprint density at radius 3 is 2.77 bits per heavy atom. The van der Waals surface area contributed by atoms with Gasteiger partial charge in [0.05, 0.1) is 19.3 Å². The molecule has 22 heavy (non-hydrogen) atoms. The molecule has 114 valence electrons. The topological polar surface area (TPSA) is 59.7 Å². The van der Waals surface area contributed by atoms with Gasteiger partial charge >= 0.3 is 0 Å². The lowest BCUT2D eigenvalue weighted by atomic mass is 10.2. The van der Waals surface area contributed by atoms with Crippen molar-refractivity contribution in [1.29, 1.82) is 0 Å². The maximum absolute atomic E-state index is 9.99. The van der Waals surface area contributed by atoms with Crippen molar-refractivity contribution in [2.24, 2.45) is 0 Å². The fourth-order valence-corrected chi connectivity index (χ4v) is 2.85. The van der Waals surface area contributed by atoms with E-state index < -0.39 is 6.10 Å². The van der Waals surface area contributed by atoms with Crippen molar-refractivity contribution in [1.82, 2.24) is 14.6 Å². The number of benzene rings is 1. The molecular formula is C16H17N3O2S. The van der Waals surface area contributed by atoms with Gasteiger partial charge in [-0.25, -0.2) is 0 Å². The minimum Gasteiger partial charge on any atom is -0.390 e. The molecule has 0 aliphatic carbocycles. The predicted molar refractivity (Wildman–Crippen MR) is 85.8 cm³/mol. The molecule has 0 saturated heterocycles. The highest BCUT2D eigenvalue weighted by Gasteiger charge is 2.10. The van der Waals surface area contributed by atoms with E-state index in [-0.39, 0.29) is 0 Å². The van der Waals surface area contributed by atoms with Crippen molar-refractivity contribution >= 4 is 17.4 Å². The fraction of sp³-hybridized carbons (Fsp3) is 0.250. The molecule has 1 aromatic carbocycles. The number of nitrogens with zero attached hydrogens (tertiary/aromatic N) is 3. The van der Waals surface area contributed by atoms with Crippen LogP contribution in [-0.2, 0) is 11.3 Å². The van der Waals surface area contributed by atoms with Gasteiger partial charge in [0.15, 0.2) is 10.8 Å². The van der Waals surface area contributed by atoms with Crippen LogP contribution in [0.3, 0.4) is 0 Å². The summed E-state index contributed by atoms with van der Waals surface area (Å²) in [6, 6.07) is 15.7. The van der Waals surface area contributed by atoms with Gasteiger partial charge in [0, 0.05) is 11.9 Å². The van der Waals surface area contributed by atoms with Crippen molar-refractivity contribution < 1.29 is 9.84 Å². The van der Waals surface area contributed by atoms with Crippen LogP contribution in [0.4, 0.5) is 0 Å². The normalized spacial score (nSPS) is 12.6. The summed E-state index contributed by atoms with van der Waals surface area (Å²) in [5, 5.41) is 19.0. The van der Waals surface area contributed by atoms with Crippen LogP contribution in [0.25, 0.3) is 5.65 Å². The molecule has 0 spiro atoms. The van der Waals surface area contributed by atoms with Crippen molar-refractivity contribution in [3.05, 3.63) is 60.3 Å². The minimum absolute atomic E-state index is 0.304. The lowest BCUT2D eigenvalue weighted by molar-refractivity contribution is 0.0398. The Hall–Kier alpha value is -1.89. The quantitative estimate of drug-likeness (QED) is 0.678. The van der Waals surface area contributed by atoms with Gasteiger partial charge in [0.1, 0.15) is 0 Å². The molecule has 1 N–H and O–H groups in total. The summed E-state index contributed by atoms with van der Waals surface area (Å²) in [5.74, 6) is 0.518. The van der Waals surface area contributed by atoms with Crippen molar-refractivity contribution in [2.45, 2.75) is 17.9 Å². The second kappa shape index (κ2) is 7.40. The van der Waals surface area contributed by atoms with Crippen LogP contribution in [0, 0.1) is 0 Å². The molecule has 0 bridgehead atoms. The van der Waals surface area contributed by atoms with Crippen molar-refractivity contribution in [3.63, 3.8) is 0 Å². The molecule has 2 aromatic heterocycles. The number of fused-ring (bicyclic) bond motifs is 1. The molecule has 0 aliphatic heterocycles. The Labute approximate surface area is 133 Å². The smallest absolute Gasteiger partial charge is 0.195 e. The molecule has 3 rings (SSSR count). The second-order valence-electron chi connectivity index (χ2n) is 4.88. The van der Waals surface area contributed by atoms with Gasteiger partial charge in [-0.1, -0.05) is 48.2 Å². The maximum atomic E-state index is 9.99. The molecule has 5 nitrogen and oxygen atoms in total. The summed E-state index contributed by atoms with van der Waals surface area (Å²) in [4.78, 5) is 0. The number of rotatable bonds is 7. The first-order valence-corrected chi connectivity index (χ1v) is 8.04. The third-order valence-electron chi connectivity index (χ3n) is 3.11. The van der Waals surface area contributed by atoms with Crippen LogP contribution in [0.15, 0.2) is 59.9 Å². The predicted octanol–water partition coefficient (Wildman–Crippen LogP) is 2.40. The Kier molecular flexibility index (Phi) is 5.05. The lowest BCUT2D eigenvalue weighted by Gasteiger charge is -2.10. The lowest BCUT2D eigenvalue weighted by Crippen LogP contribution is -2.18. The Morgan fingerprint density at radius 2 is 1.91 bits per heavy atom. The zero-order valence-corrected chi connectivity index (χ0v) is 12.8. The molecule has 6 heteroatoms. The van der Waals surface area contributed by atoms with Crippen LogP contribution in [0.5, 0.6) is 0 Å². The molecule has 3 aromatic rings. The standard InChI is InChI=1S/C16H17N3O2S/c20-14(11-21-10-13-6-2-1-3-7-13)12-22-16-18-17-15-8-4-5-9-19(15)16/h1-9,14,20H,10-12H2/t14-/m0/s1. The van der Waals surface area contributed by atoms with Gasteiger partial charge in [-0.15, -0.1) is 10.2 Å². The average molecular weight is 315 g/mol. The van der Waals surface area contributed by atoms with E-state index >= 15 is 0 Å². The number of aromatic nitrogens is 3. The van der Waals surface area contributed by atoms with Gasteiger partial charge in [-0.2, -0.15) is 0 Å². The van der Waals surface area contributed by atoms with E-state index in [1.165, 1.54) is 11.8 Å². The maximum Gasteiger partial charge on any atom is 0.195 e. The third kappa shape index (κ3) is 3.85. The molecule has 0 aliphatic rings. The summed E-state index contributed by atoms with van der Waals surface area (Å²) in [5.41, 5.74) is 1.91. The number of hydrogen-bond acceptors (Lipinski definition) is 5. The summed E-state index contributed by atoms with van der Waals surface area (Å²) in [6.45, 7) is 0.815. The number of hydrogen-bond donors (Lipinski definition) is 1. The summed E-state index contributed by atoms with van der Waals surface area (Å²) in [7, 11) is 0. The van der Waals surface area contributed by atoms with Gasteiger partial charge < -0.3 is 9.84 Å². The minimum atomic E-state index is -0.537. The van der Waals surface area contributed by atoms with Crippen LogP contribution in [0.1, 0.15) is 5.56 Å². The third-order valence-corrected chi connectivity index (χ3v) is 4.20. The van der Waals surface area contributed by atoms with E-state index in [1.807, 2.05) is 59.1 Å². The first-order chi connectivity index (χ1) is 10.8. The highest BCUT2D eigenvalue weighted by Crippen LogP contribution is 2.17. The van der Waals surface area contributed by atoms with Gasteiger partial charge in [0.2, 0.25) is 0 Å². The molecule has 0 amide bonds. The van der Waals surface area contributed by atoms with Gasteiger partial charge in [-0.05, 0) is 17.7 Å². The van der Waals surface area contributed by atoms with Gasteiger partial charge in [0.25, 0.3) is 0 Å². The van der Waals surface area contributed by atoms with Crippen LogP contribution >= 0.6 is 11.8 Å². The molecule has 0 unspecified atom stereocenters. The van der Waals surface area contributed by atoms with Crippen LogP contribution < -0.4 is 0 Å². The highest BCUT2D eigenvalue weighted by molar-refractivity contribution is 7.99. The summed E-state index contributed by atoms with van der Waals surface area (Å²) >= 11 is 1.47. The molecule has 0 saturated carbocycles. The first kappa shape index (κ1) is 15.0. The monoisotopic (exact) mass is 315 g/mol. The Bertz CT molecular complexity index is 717. The number of aliphatic hydroxyl groups excluding tert-OH is 1. The zero-order valence-electron chi connectivity index (χ0n) is 12.0.